The molecule has 2 aromatic heterocycles. The van der Waals surface area contributed by atoms with Crippen LogP contribution in [0.25, 0.3) is 33.7 Å². The Morgan fingerprint density at radius 3 is 2.48 bits per heavy atom. The predicted octanol–water partition coefficient (Wildman–Crippen LogP) is 3.37. The van der Waals surface area contributed by atoms with E-state index >= 15 is 0 Å². The van der Waals surface area contributed by atoms with E-state index in [-0.39, 0.29) is 54.7 Å². The molecule has 0 aliphatic carbocycles. The Bertz CT molecular complexity index is 1960. The lowest BCUT2D eigenvalue weighted by atomic mass is 9.85. The molecule has 15 heteroatoms. The van der Waals surface area contributed by atoms with Crippen molar-refractivity contribution < 1.29 is 28.6 Å². The summed E-state index contributed by atoms with van der Waals surface area (Å²) in [7, 11) is 1.48. The Hall–Kier alpha value is -5.15. The summed E-state index contributed by atoms with van der Waals surface area (Å²) in [5.74, 6) is -0.432. The van der Waals surface area contributed by atoms with Gasteiger partial charge >= 0.3 is 0 Å². The Balaban J connectivity index is 0.950. The van der Waals surface area contributed by atoms with Crippen LogP contribution in [0.2, 0.25) is 0 Å². The highest BCUT2D eigenvalue weighted by Crippen LogP contribution is 2.33. The maximum absolute atomic E-state index is 14.8. The van der Waals surface area contributed by atoms with Gasteiger partial charge in [0.05, 0.1) is 31.5 Å². The number of likely N-dealkylation sites (tertiary alicyclic amines) is 1. The van der Waals surface area contributed by atoms with Crippen LogP contribution in [0.1, 0.15) is 47.0 Å². The van der Waals surface area contributed by atoms with Crippen molar-refractivity contribution in [3.05, 3.63) is 54.5 Å². The Kier molecular flexibility index (Phi) is 11.8. The number of anilines is 1. The number of hydrogen-bond donors (Lipinski definition) is 4. The smallest absolute Gasteiger partial charge is 0.246 e. The molecule has 54 heavy (non-hydrogen) atoms. The third kappa shape index (κ3) is 8.79. The molecular formula is C39H50FN9O5. The molecule has 4 aromatic rings. The number of carbonyl (C=O) groups excluding carboxylic acids is 3. The molecule has 2 saturated heterocycles. The van der Waals surface area contributed by atoms with Gasteiger partial charge in [0.25, 0.3) is 0 Å². The summed E-state index contributed by atoms with van der Waals surface area (Å²) in [6.45, 7) is 11.5. The van der Waals surface area contributed by atoms with E-state index in [2.05, 4.69) is 40.6 Å². The van der Waals surface area contributed by atoms with E-state index in [0.29, 0.717) is 41.9 Å². The van der Waals surface area contributed by atoms with Crippen molar-refractivity contribution in [2.45, 2.75) is 65.1 Å². The van der Waals surface area contributed by atoms with Crippen molar-refractivity contribution in [2.75, 3.05) is 57.8 Å². The zero-order valence-electron chi connectivity index (χ0n) is 31.6. The first-order valence-electron chi connectivity index (χ1n) is 18.5. The van der Waals surface area contributed by atoms with Crippen LogP contribution in [0, 0.1) is 11.2 Å². The van der Waals surface area contributed by atoms with Gasteiger partial charge in [-0.05, 0) is 49.4 Å². The molecule has 4 heterocycles. The fourth-order valence-electron chi connectivity index (χ4n) is 7.11. The van der Waals surface area contributed by atoms with E-state index in [0.717, 1.165) is 37.4 Å². The number of methoxy groups -OCH3 is 1. The van der Waals surface area contributed by atoms with Gasteiger partial charge in [0.15, 0.2) is 5.82 Å². The lowest BCUT2D eigenvalue weighted by Gasteiger charge is -2.35. The van der Waals surface area contributed by atoms with E-state index in [9.17, 15) is 23.9 Å². The van der Waals surface area contributed by atoms with Gasteiger partial charge in [-0.15, -0.1) is 0 Å². The number of hydrogen-bond acceptors (Lipinski definition) is 10. The largest absolute Gasteiger partial charge is 0.496 e. The van der Waals surface area contributed by atoms with Gasteiger partial charge in [0.2, 0.25) is 17.7 Å². The van der Waals surface area contributed by atoms with E-state index < -0.39 is 23.4 Å². The number of aliphatic hydroxyl groups excluding tert-OH is 1. The number of rotatable bonds is 12. The number of ether oxygens (including phenoxy) is 1. The monoisotopic (exact) mass is 743 g/mol. The summed E-state index contributed by atoms with van der Waals surface area (Å²) in [6, 6.07) is 11.8. The Morgan fingerprint density at radius 2 is 1.81 bits per heavy atom. The topological polar surface area (TPSA) is 169 Å². The molecule has 0 spiro atoms. The second kappa shape index (κ2) is 16.5. The first-order chi connectivity index (χ1) is 25.8. The van der Waals surface area contributed by atoms with Crippen molar-refractivity contribution in [1.29, 1.82) is 0 Å². The van der Waals surface area contributed by atoms with Crippen LogP contribution in [0.5, 0.6) is 5.75 Å². The third-order valence-electron chi connectivity index (χ3n) is 10.1. The fourth-order valence-corrected chi connectivity index (χ4v) is 7.11. The molecule has 2 aliphatic heterocycles. The summed E-state index contributed by atoms with van der Waals surface area (Å²) in [4.78, 5) is 53.9. The second-order valence-corrected chi connectivity index (χ2v) is 15.2. The molecular weight excluding hydrogens is 693 g/mol. The van der Waals surface area contributed by atoms with E-state index in [1.807, 2.05) is 52.0 Å². The lowest BCUT2D eigenvalue weighted by molar-refractivity contribution is -0.140. The van der Waals surface area contributed by atoms with Gasteiger partial charge in [0, 0.05) is 63.0 Å². The highest BCUT2D eigenvalue weighted by Gasteiger charge is 2.40. The normalized spacial score (nSPS) is 18.5. The zero-order chi connectivity index (χ0) is 38.6. The molecule has 2 fully saturated rings. The number of benzene rings is 2. The van der Waals surface area contributed by atoms with Gasteiger partial charge in [-0.3, -0.25) is 24.4 Å². The number of aliphatic hydroxyl groups is 1. The third-order valence-corrected chi connectivity index (χ3v) is 10.1. The summed E-state index contributed by atoms with van der Waals surface area (Å²) in [6.07, 6.45) is 2.21. The summed E-state index contributed by atoms with van der Waals surface area (Å²) >= 11 is 0. The number of halogens is 1. The molecule has 0 radical (unpaired) electrons. The Morgan fingerprint density at radius 1 is 1.07 bits per heavy atom. The minimum Gasteiger partial charge on any atom is -0.496 e. The van der Waals surface area contributed by atoms with Crippen molar-refractivity contribution in [3.8, 4) is 28.4 Å². The Labute approximate surface area is 314 Å². The van der Waals surface area contributed by atoms with E-state index in [4.69, 9.17) is 4.74 Å². The van der Waals surface area contributed by atoms with E-state index in [1.54, 1.807) is 23.2 Å². The minimum atomic E-state index is -0.706. The molecule has 0 bridgehead atoms. The summed E-state index contributed by atoms with van der Waals surface area (Å²) in [5, 5.41) is 23.3. The minimum absolute atomic E-state index is 0.0818. The van der Waals surface area contributed by atoms with Gasteiger partial charge < -0.3 is 30.3 Å². The van der Waals surface area contributed by atoms with Crippen LogP contribution < -0.4 is 20.3 Å². The van der Waals surface area contributed by atoms with Crippen molar-refractivity contribution in [1.82, 2.24) is 40.6 Å². The maximum atomic E-state index is 14.8. The van der Waals surface area contributed by atoms with E-state index in [1.165, 1.54) is 13.2 Å². The molecule has 2 aliphatic rings. The molecule has 0 saturated carbocycles. The number of nitrogens with one attached hydrogen (secondary N) is 3. The number of aromatic amines is 1. The van der Waals surface area contributed by atoms with Crippen molar-refractivity contribution in [2.24, 2.45) is 5.41 Å². The van der Waals surface area contributed by atoms with Gasteiger partial charge in [0.1, 0.15) is 34.3 Å². The van der Waals surface area contributed by atoms with Gasteiger partial charge in [-0.25, -0.2) is 14.4 Å². The molecule has 3 atom stereocenters. The standard InChI is InChI=1S/C39H50FN9O5/c1-24-20-27(50)22-49(24)38(53)36(39(2,3)4)43-31(51)10-7-15-41-32(52)23-47-16-18-48(19-17-47)26-13-11-25(12-14-26)34-35-29(45-46-34)21-42-37(44-35)33-28(40)8-6-9-30(33)54-5/h6,8-9,11-14,21,24,27,36,50H,7,10,15-20,22-23H2,1-5H3,(H,41,52)(H,43,51)(H,45,46)/t24-,27-,36-/m1/s1. The summed E-state index contributed by atoms with van der Waals surface area (Å²) in [5.41, 5.74) is 3.43. The lowest BCUT2D eigenvalue weighted by Crippen LogP contribution is -2.55. The van der Waals surface area contributed by atoms with Crippen LogP contribution in [-0.2, 0) is 14.4 Å². The zero-order valence-corrected chi connectivity index (χ0v) is 31.6. The number of amides is 3. The number of aromatic nitrogens is 4. The number of carbonyl (C=O) groups is 3. The summed E-state index contributed by atoms with van der Waals surface area (Å²) < 4.78 is 20.1. The molecule has 288 valence electrons. The quantitative estimate of drug-likeness (QED) is 0.158. The van der Waals surface area contributed by atoms with Gasteiger partial charge in [-0.1, -0.05) is 39.0 Å². The fraction of sp³-hybridized carbons (Fsp3) is 0.487. The number of nitrogens with zero attached hydrogens (tertiary/aromatic N) is 6. The number of piperazine rings is 1. The van der Waals surface area contributed by atoms with Crippen molar-refractivity contribution in [3.63, 3.8) is 0 Å². The van der Waals surface area contributed by atoms with Crippen LogP contribution >= 0.6 is 0 Å². The molecule has 4 N–H and O–H groups in total. The highest BCUT2D eigenvalue weighted by atomic mass is 19.1. The highest BCUT2D eigenvalue weighted by molar-refractivity contribution is 5.91. The first kappa shape index (κ1) is 38.6. The van der Waals surface area contributed by atoms with Crippen LogP contribution in [0.3, 0.4) is 0 Å². The second-order valence-electron chi connectivity index (χ2n) is 15.2. The first-order valence-corrected chi connectivity index (χ1v) is 18.5. The molecule has 6 rings (SSSR count). The average molecular weight is 744 g/mol. The van der Waals surface area contributed by atoms with Crippen molar-refractivity contribution >= 4 is 34.4 Å². The number of β-amino-alcohol motifs (C(OH)–C–C–N with tert-alkyl or cyclic N) is 1. The maximum Gasteiger partial charge on any atom is 0.246 e. The molecule has 14 nitrogen and oxygen atoms in total. The van der Waals surface area contributed by atoms with Gasteiger partial charge in [-0.2, -0.15) is 5.10 Å². The molecule has 2 aromatic carbocycles. The number of fused-ring (bicyclic) bond motifs is 1. The molecule has 3 amide bonds. The average Bonchev–Trinajstić information content (AvgIpc) is 3.73. The van der Waals surface area contributed by atoms with Crippen LogP contribution in [-0.4, -0.2) is 124 Å². The van der Waals surface area contributed by atoms with Crippen LogP contribution in [0.4, 0.5) is 10.1 Å². The number of H-pyrrole nitrogens is 1. The molecule has 0 unspecified atom stereocenters. The van der Waals surface area contributed by atoms with Crippen LogP contribution in [0.15, 0.2) is 48.7 Å². The SMILES string of the molecule is COc1cccc(F)c1-c1ncc2[nH]nc(-c3ccc(N4CCN(CC(=O)NCCCC(=O)N[C@H](C(=O)N5C[C@H](O)C[C@H]5C)C(C)(C)C)CC4)cc3)c2n1. The predicted molar refractivity (Wildman–Crippen MR) is 203 cm³/mol.